The number of carbonyl (C=O) groups excluding carboxylic acids is 4. The van der Waals surface area contributed by atoms with Gasteiger partial charge in [-0.3, -0.25) is 23.7 Å². The van der Waals surface area contributed by atoms with Gasteiger partial charge < -0.3 is 9.47 Å². The summed E-state index contributed by atoms with van der Waals surface area (Å²) in [5.74, 6) is -3.03. The second-order valence-corrected chi connectivity index (χ2v) is 3.93. The van der Waals surface area contributed by atoms with Crippen LogP contribution >= 0.6 is 0 Å². The van der Waals surface area contributed by atoms with Gasteiger partial charge in [0, 0.05) is 0 Å². The maximum absolute atomic E-state index is 10.8. The van der Waals surface area contributed by atoms with E-state index in [1.807, 2.05) is 0 Å². The monoisotopic (exact) mass is 302 g/mol. The third-order valence-corrected chi connectivity index (χ3v) is 2.40. The number of hydrogen-bond acceptors (Lipinski definition) is 8. The Hall–Kier alpha value is 0.190. The van der Waals surface area contributed by atoms with Crippen molar-refractivity contribution < 1.29 is 41.6 Å². The number of esters is 2. The number of hydrogen-bond donors (Lipinski definition) is 1. The van der Waals surface area contributed by atoms with Crippen LogP contribution in [0.5, 0.6) is 0 Å². The first-order valence-electron chi connectivity index (χ1n) is 3.56. The summed E-state index contributed by atoms with van der Waals surface area (Å²) in [4.78, 5) is 41.0. The summed E-state index contributed by atoms with van der Waals surface area (Å²) in [7, 11) is -4.95. The van der Waals surface area contributed by atoms with E-state index in [9.17, 15) is 27.6 Å². The third kappa shape index (κ3) is 9.16. The van der Waals surface area contributed by atoms with E-state index in [2.05, 4.69) is 9.47 Å². The van der Waals surface area contributed by atoms with Crippen molar-refractivity contribution in [3.8, 4) is 0 Å². The van der Waals surface area contributed by atoms with E-state index in [0.29, 0.717) is 0 Å². The van der Waals surface area contributed by atoms with E-state index in [0.717, 1.165) is 0 Å². The second-order valence-electron chi connectivity index (χ2n) is 2.33. The first kappa shape index (κ1) is 23.3. The van der Waals surface area contributed by atoms with E-state index in [-0.39, 0.29) is 72.1 Å². The number of ether oxygens (including phenoxy) is 2. The molecule has 0 rings (SSSR count). The number of rotatable bonds is 6. The molecule has 0 saturated carbocycles. The van der Waals surface area contributed by atoms with E-state index in [1.54, 1.807) is 0 Å². The molecule has 0 aliphatic carbocycles. The Balaban J connectivity index is -0.00000112. The van der Waals surface area contributed by atoms with Crippen molar-refractivity contribution in [1.29, 1.82) is 0 Å². The quantitative estimate of drug-likeness (QED) is 0.176. The van der Waals surface area contributed by atoms with Crippen LogP contribution in [0.2, 0.25) is 0 Å². The van der Waals surface area contributed by atoms with Crippen molar-refractivity contribution in [1.82, 2.24) is 0 Å². The van der Waals surface area contributed by atoms with Crippen LogP contribution in [0.4, 0.5) is 0 Å². The van der Waals surface area contributed by atoms with Crippen molar-refractivity contribution in [3.05, 3.63) is 0 Å². The van der Waals surface area contributed by atoms with Crippen molar-refractivity contribution in [2.45, 2.75) is 11.7 Å². The average molecular weight is 302 g/mol. The fourth-order valence-corrected chi connectivity index (χ4v) is 1.33. The molecule has 0 spiro atoms. The van der Waals surface area contributed by atoms with Crippen molar-refractivity contribution in [2.75, 3.05) is 0 Å². The average Bonchev–Trinajstić information content (AvgIpc) is 2.13. The molecule has 0 aromatic rings. The molecule has 0 fully saturated rings. The molecule has 12 heteroatoms. The van der Waals surface area contributed by atoms with Gasteiger partial charge >= 0.3 is 84.0 Å². The molecular formula is C6H8Na2O9S. The Morgan fingerprint density at radius 1 is 1.11 bits per heavy atom. The van der Waals surface area contributed by atoms with E-state index in [4.69, 9.17) is 4.55 Å². The van der Waals surface area contributed by atoms with Gasteiger partial charge in [0.15, 0.2) is 5.25 Å². The minimum atomic E-state index is -4.95. The molecule has 1 atom stereocenters. The molecule has 0 amide bonds. The molecule has 0 aromatic heterocycles. The molecular weight excluding hydrogens is 294 g/mol. The van der Waals surface area contributed by atoms with Gasteiger partial charge in [-0.15, -0.1) is 0 Å². The van der Waals surface area contributed by atoms with Crippen LogP contribution in [0.15, 0.2) is 0 Å². The normalized spacial score (nSPS) is 10.9. The molecule has 1 N–H and O–H groups in total. The van der Waals surface area contributed by atoms with Gasteiger partial charge in [-0.05, 0) is 0 Å². The summed E-state index contributed by atoms with van der Waals surface area (Å²) in [6, 6.07) is 0. The minimum absolute atomic E-state index is 0. The fourth-order valence-electron chi connectivity index (χ4n) is 0.687. The van der Waals surface area contributed by atoms with Gasteiger partial charge in [0.1, 0.15) is 0 Å². The Morgan fingerprint density at radius 3 is 1.89 bits per heavy atom. The molecule has 0 radical (unpaired) electrons. The van der Waals surface area contributed by atoms with Crippen LogP contribution < -0.4 is 0 Å². The van der Waals surface area contributed by atoms with Crippen LogP contribution in [0, 0.1) is 0 Å². The predicted molar refractivity (Wildman–Crippen MR) is 58.6 cm³/mol. The molecule has 0 aliphatic heterocycles. The molecule has 0 heterocycles. The molecule has 0 aromatic carbocycles. The second kappa shape index (κ2) is 11.1. The summed E-state index contributed by atoms with van der Waals surface area (Å²) in [5.41, 5.74) is 0. The fraction of sp³-hybridized carbons (Fsp3) is 0.333. The van der Waals surface area contributed by atoms with E-state index < -0.39 is 33.7 Å². The first-order chi connectivity index (χ1) is 7.32. The van der Waals surface area contributed by atoms with E-state index in [1.165, 1.54) is 0 Å². The van der Waals surface area contributed by atoms with Gasteiger partial charge in [0.05, 0.1) is 6.42 Å². The molecule has 0 saturated heterocycles. The van der Waals surface area contributed by atoms with Gasteiger partial charge in [-0.25, -0.2) is 0 Å². The zero-order valence-electron chi connectivity index (χ0n) is 7.56. The topological polar surface area (TPSA) is 141 Å². The Morgan fingerprint density at radius 2 is 1.56 bits per heavy atom. The molecule has 1 unspecified atom stereocenters. The molecule has 0 aliphatic rings. The van der Waals surface area contributed by atoms with Crippen LogP contribution in [0.25, 0.3) is 0 Å². The third-order valence-electron chi connectivity index (χ3n) is 1.32. The molecule has 94 valence electrons. The summed E-state index contributed by atoms with van der Waals surface area (Å²) in [5, 5.41) is -2.31. The molecule has 9 nitrogen and oxygen atoms in total. The summed E-state index contributed by atoms with van der Waals surface area (Å²) >= 11 is 0. The predicted octanol–water partition coefficient (Wildman–Crippen LogP) is -3.26. The summed E-state index contributed by atoms with van der Waals surface area (Å²) < 4.78 is 37.2. The SMILES string of the molecule is O=COC(=O)CC(C(=O)OC=O)S(=O)(=O)O.[NaH].[NaH]. The zero-order valence-corrected chi connectivity index (χ0v) is 8.38. The van der Waals surface area contributed by atoms with Crippen molar-refractivity contribution >= 4 is 94.1 Å². The van der Waals surface area contributed by atoms with Crippen LogP contribution in [0.3, 0.4) is 0 Å². The van der Waals surface area contributed by atoms with E-state index >= 15 is 0 Å². The summed E-state index contributed by atoms with van der Waals surface area (Å²) in [6.07, 6.45) is -1.15. The summed E-state index contributed by atoms with van der Waals surface area (Å²) in [6.45, 7) is -0.653. The van der Waals surface area contributed by atoms with Crippen molar-refractivity contribution in [3.63, 3.8) is 0 Å². The Kier molecular flexibility index (Phi) is 14.3. The zero-order chi connectivity index (χ0) is 12.8. The maximum atomic E-state index is 10.8. The van der Waals surface area contributed by atoms with Crippen molar-refractivity contribution in [2.24, 2.45) is 0 Å². The molecule has 0 bridgehead atoms. The number of carbonyl (C=O) groups is 4. The first-order valence-corrected chi connectivity index (χ1v) is 5.06. The van der Waals surface area contributed by atoms with Gasteiger partial charge in [-0.2, -0.15) is 8.42 Å². The van der Waals surface area contributed by atoms with Gasteiger partial charge in [0.2, 0.25) is 0 Å². The Labute approximate surface area is 146 Å². The van der Waals surface area contributed by atoms with Gasteiger partial charge in [0.25, 0.3) is 10.1 Å². The van der Waals surface area contributed by atoms with Crippen LogP contribution in [-0.2, 0) is 38.8 Å². The Bertz CT molecular complexity index is 403. The standard InChI is InChI=1S/C6H6O9S.2Na.2H/c7-2-14-5(9)1-4(16(11,12)13)6(10)15-3-8;;;;/h2-4H,1H2,(H,11,12,13);;;;. The van der Waals surface area contributed by atoms with Crippen LogP contribution in [0.1, 0.15) is 6.42 Å². The van der Waals surface area contributed by atoms with Gasteiger partial charge in [-0.1, -0.05) is 0 Å². The molecule has 18 heavy (non-hydrogen) atoms. The van der Waals surface area contributed by atoms with Crippen LogP contribution in [-0.4, -0.2) is 102 Å².